The van der Waals surface area contributed by atoms with Crippen LogP contribution in [0.25, 0.3) is 11.1 Å². The SMILES string of the molecule is CCOP(=O)(Cc1cc(-c2ccc(N(C)C)cc2)cnc1NC(=O)CC1CC1)OCC. The van der Waals surface area contributed by atoms with Crippen LogP contribution < -0.4 is 10.2 Å². The Bertz CT molecular complexity index is 932. The highest BCUT2D eigenvalue weighted by Crippen LogP contribution is 2.52. The van der Waals surface area contributed by atoms with Gasteiger partial charge in [-0.3, -0.25) is 9.36 Å². The Kier molecular flexibility index (Phi) is 7.87. The number of pyridine rings is 1. The van der Waals surface area contributed by atoms with Crippen molar-refractivity contribution in [2.24, 2.45) is 5.92 Å². The van der Waals surface area contributed by atoms with E-state index in [4.69, 9.17) is 9.05 Å². The minimum atomic E-state index is -3.36. The van der Waals surface area contributed by atoms with Gasteiger partial charge in [-0.1, -0.05) is 12.1 Å². The highest BCUT2D eigenvalue weighted by atomic mass is 31.2. The molecule has 0 unspecified atom stereocenters. The first-order chi connectivity index (χ1) is 14.8. The predicted octanol–water partition coefficient (Wildman–Crippen LogP) is 5.32. The van der Waals surface area contributed by atoms with E-state index in [0.29, 0.717) is 23.7 Å². The van der Waals surface area contributed by atoms with Crippen LogP contribution in [0.5, 0.6) is 0 Å². The lowest BCUT2D eigenvalue weighted by Crippen LogP contribution is -2.15. The molecular formula is C23H32N3O4P. The first-order valence-corrected chi connectivity index (χ1v) is 12.5. The van der Waals surface area contributed by atoms with Gasteiger partial charge in [-0.15, -0.1) is 0 Å². The average Bonchev–Trinajstić information content (AvgIpc) is 3.53. The number of nitrogens with zero attached hydrogens (tertiary/aromatic N) is 2. The Morgan fingerprint density at radius 3 is 2.32 bits per heavy atom. The fourth-order valence-electron chi connectivity index (χ4n) is 3.35. The number of aromatic nitrogens is 1. The molecule has 1 aromatic carbocycles. The van der Waals surface area contributed by atoms with Gasteiger partial charge < -0.3 is 19.3 Å². The first kappa shape index (κ1) is 23.5. The molecule has 1 saturated carbocycles. The van der Waals surface area contributed by atoms with Crippen LogP contribution in [0.2, 0.25) is 0 Å². The van der Waals surface area contributed by atoms with Gasteiger partial charge in [0.15, 0.2) is 0 Å². The molecule has 0 saturated heterocycles. The zero-order valence-electron chi connectivity index (χ0n) is 18.8. The lowest BCUT2D eigenvalue weighted by atomic mass is 10.1. The van der Waals surface area contributed by atoms with Gasteiger partial charge in [0.05, 0.1) is 19.4 Å². The summed E-state index contributed by atoms with van der Waals surface area (Å²) in [6, 6.07) is 10.0. The van der Waals surface area contributed by atoms with Gasteiger partial charge in [-0.25, -0.2) is 4.98 Å². The van der Waals surface area contributed by atoms with Gasteiger partial charge in [-0.2, -0.15) is 0 Å². The van der Waals surface area contributed by atoms with E-state index in [2.05, 4.69) is 10.3 Å². The number of carbonyl (C=O) groups is 1. The van der Waals surface area contributed by atoms with E-state index < -0.39 is 7.60 Å². The Balaban J connectivity index is 1.92. The Labute approximate surface area is 184 Å². The molecule has 1 aromatic heterocycles. The first-order valence-electron chi connectivity index (χ1n) is 10.8. The summed E-state index contributed by atoms with van der Waals surface area (Å²) in [6.07, 6.45) is 4.46. The van der Waals surface area contributed by atoms with Gasteiger partial charge in [0, 0.05) is 43.5 Å². The molecule has 7 nitrogen and oxygen atoms in total. The second-order valence-electron chi connectivity index (χ2n) is 7.97. The van der Waals surface area contributed by atoms with Crippen molar-refractivity contribution in [1.29, 1.82) is 0 Å². The summed E-state index contributed by atoms with van der Waals surface area (Å²) in [5.74, 6) is 0.816. The Morgan fingerprint density at radius 2 is 1.77 bits per heavy atom. The lowest BCUT2D eigenvalue weighted by molar-refractivity contribution is -0.116. The second kappa shape index (κ2) is 10.4. The van der Waals surface area contributed by atoms with Gasteiger partial charge >= 0.3 is 7.60 Å². The molecule has 1 N–H and O–H groups in total. The highest BCUT2D eigenvalue weighted by Gasteiger charge is 2.28. The van der Waals surface area contributed by atoms with Crippen LogP contribution in [0, 0.1) is 5.92 Å². The van der Waals surface area contributed by atoms with Crippen molar-refractivity contribution >= 4 is 25.0 Å². The number of nitrogens with one attached hydrogen (secondary N) is 1. The monoisotopic (exact) mass is 445 g/mol. The van der Waals surface area contributed by atoms with Crippen LogP contribution in [0.15, 0.2) is 36.5 Å². The summed E-state index contributed by atoms with van der Waals surface area (Å²) in [6.45, 7) is 4.12. The van der Waals surface area contributed by atoms with E-state index in [1.165, 1.54) is 0 Å². The average molecular weight is 446 g/mol. The van der Waals surface area contributed by atoms with Crippen molar-refractivity contribution < 1.29 is 18.4 Å². The Hall–Kier alpha value is -2.21. The largest absolute Gasteiger partial charge is 0.378 e. The third kappa shape index (κ3) is 6.63. The molecule has 0 bridgehead atoms. The molecule has 31 heavy (non-hydrogen) atoms. The summed E-state index contributed by atoms with van der Waals surface area (Å²) in [5, 5.41) is 2.90. The summed E-state index contributed by atoms with van der Waals surface area (Å²) >= 11 is 0. The molecule has 8 heteroatoms. The van der Waals surface area contributed by atoms with Crippen molar-refractivity contribution in [3.63, 3.8) is 0 Å². The van der Waals surface area contributed by atoms with Crippen molar-refractivity contribution in [2.75, 3.05) is 37.5 Å². The van der Waals surface area contributed by atoms with Crippen LogP contribution in [0.4, 0.5) is 11.5 Å². The molecule has 168 valence electrons. The summed E-state index contributed by atoms with van der Waals surface area (Å²) in [5.41, 5.74) is 3.60. The maximum atomic E-state index is 13.2. The van der Waals surface area contributed by atoms with Gasteiger partial charge in [0.2, 0.25) is 5.91 Å². The molecule has 2 aromatic rings. The molecule has 0 aliphatic heterocycles. The fraction of sp³-hybridized carbons (Fsp3) is 0.478. The second-order valence-corrected chi connectivity index (χ2v) is 10.0. The number of anilines is 2. The molecule has 0 spiro atoms. The van der Waals surface area contributed by atoms with E-state index in [9.17, 15) is 9.36 Å². The quantitative estimate of drug-likeness (QED) is 0.472. The van der Waals surface area contributed by atoms with Crippen LogP contribution >= 0.6 is 7.60 Å². The molecule has 1 amide bonds. The maximum absolute atomic E-state index is 13.2. The van der Waals surface area contributed by atoms with Crippen LogP contribution in [-0.2, 0) is 24.6 Å². The van der Waals surface area contributed by atoms with E-state index in [0.717, 1.165) is 29.7 Å². The number of benzene rings is 1. The zero-order chi connectivity index (χ0) is 22.4. The van der Waals surface area contributed by atoms with E-state index in [1.807, 2.05) is 49.3 Å². The van der Waals surface area contributed by atoms with Crippen LogP contribution in [0.3, 0.4) is 0 Å². The summed E-state index contributed by atoms with van der Waals surface area (Å²) in [7, 11) is 0.629. The predicted molar refractivity (Wildman–Crippen MR) is 125 cm³/mol. The van der Waals surface area contributed by atoms with Gasteiger partial charge in [0.1, 0.15) is 5.82 Å². The van der Waals surface area contributed by atoms with Crippen molar-refractivity contribution in [3.8, 4) is 11.1 Å². The lowest BCUT2D eigenvalue weighted by Gasteiger charge is -2.19. The van der Waals surface area contributed by atoms with Crippen molar-refractivity contribution in [1.82, 2.24) is 4.98 Å². The number of amides is 1. The van der Waals surface area contributed by atoms with Gasteiger partial charge in [-0.05, 0) is 56.4 Å². The number of carbonyl (C=O) groups excluding carboxylic acids is 1. The van der Waals surface area contributed by atoms with Crippen molar-refractivity contribution in [3.05, 3.63) is 42.1 Å². The molecule has 1 heterocycles. The molecule has 1 aliphatic carbocycles. The minimum absolute atomic E-state index is 0.0460. The summed E-state index contributed by atoms with van der Waals surface area (Å²) < 4.78 is 24.2. The van der Waals surface area contributed by atoms with E-state index in [-0.39, 0.29) is 25.3 Å². The standard InChI is InChI=1S/C23H32N3O4P/c1-5-29-31(28,30-6-2)16-20-14-19(18-9-11-21(12-10-18)26(3)4)15-24-23(20)25-22(27)13-17-7-8-17/h9-12,14-15,17H,5-8,13,16H2,1-4H3,(H,24,25,27). The molecule has 0 radical (unpaired) electrons. The third-order valence-corrected chi connectivity index (χ3v) is 7.16. The Morgan fingerprint density at radius 1 is 1.13 bits per heavy atom. The number of hydrogen-bond donors (Lipinski definition) is 1. The van der Waals surface area contributed by atoms with E-state index in [1.54, 1.807) is 20.0 Å². The zero-order valence-corrected chi connectivity index (χ0v) is 19.7. The maximum Gasteiger partial charge on any atom is 0.335 e. The fourth-order valence-corrected chi connectivity index (χ4v) is 5.05. The normalized spacial score (nSPS) is 13.8. The van der Waals surface area contributed by atoms with Crippen LogP contribution in [-0.4, -0.2) is 38.2 Å². The van der Waals surface area contributed by atoms with Crippen molar-refractivity contribution in [2.45, 2.75) is 39.3 Å². The van der Waals surface area contributed by atoms with Gasteiger partial charge in [0.25, 0.3) is 0 Å². The van der Waals surface area contributed by atoms with Crippen LogP contribution in [0.1, 0.15) is 38.7 Å². The molecule has 3 rings (SSSR count). The number of hydrogen-bond acceptors (Lipinski definition) is 6. The molecular weight excluding hydrogens is 413 g/mol. The van der Waals surface area contributed by atoms with E-state index >= 15 is 0 Å². The molecule has 1 fully saturated rings. The minimum Gasteiger partial charge on any atom is -0.378 e. The highest BCUT2D eigenvalue weighted by molar-refractivity contribution is 7.53. The topological polar surface area (TPSA) is 80.8 Å². The smallest absolute Gasteiger partial charge is 0.335 e. The molecule has 0 atom stereocenters. The number of rotatable bonds is 11. The summed E-state index contributed by atoms with van der Waals surface area (Å²) in [4.78, 5) is 18.9. The molecule has 1 aliphatic rings. The third-order valence-electron chi connectivity index (χ3n) is 5.13.